The number of rotatable bonds is 4. The molecule has 0 fully saturated rings. The zero-order valence-corrected chi connectivity index (χ0v) is 17.0. The van der Waals surface area contributed by atoms with E-state index >= 15 is 0 Å². The molecule has 138 valence electrons. The normalized spacial score (nSPS) is 12.6. The van der Waals surface area contributed by atoms with Gasteiger partial charge in [-0.15, -0.1) is 0 Å². The number of ketones is 1. The molecule has 0 aliphatic heterocycles. The number of carbonyl (C=O) groups is 2. The van der Waals surface area contributed by atoms with Crippen molar-refractivity contribution in [3.8, 4) is 0 Å². The fourth-order valence-electron chi connectivity index (χ4n) is 2.22. The van der Waals surface area contributed by atoms with E-state index in [1.54, 1.807) is 12.1 Å². The van der Waals surface area contributed by atoms with Crippen LogP contribution in [0.5, 0.6) is 0 Å². The number of benzene rings is 1. The van der Waals surface area contributed by atoms with Crippen LogP contribution in [0.2, 0.25) is 15.1 Å². The highest BCUT2D eigenvalue weighted by atomic mass is 35.5. The maximum absolute atomic E-state index is 12.5. The second kappa shape index (κ2) is 7.95. The van der Waals surface area contributed by atoms with Gasteiger partial charge in [0, 0.05) is 11.8 Å². The fraction of sp³-hybridized carbons (Fsp3) is 0.316. The molecule has 0 radical (unpaired) electrons. The Balaban J connectivity index is 2.14. The van der Waals surface area contributed by atoms with Crippen molar-refractivity contribution >= 4 is 46.6 Å². The molecule has 1 heterocycles. The Morgan fingerprint density at radius 2 is 1.62 bits per heavy atom. The van der Waals surface area contributed by atoms with Crippen molar-refractivity contribution in [1.82, 2.24) is 4.98 Å². The Labute approximate surface area is 167 Å². The van der Waals surface area contributed by atoms with Gasteiger partial charge in [0.2, 0.25) is 5.78 Å². The third-order valence-electron chi connectivity index (χ3n) is 3.80. The smallest absolute Gasteiger partial charge is 0.359 e. The lowest BCUT2D eigenvalue weighted by molar-refractivity contribution is 0.0313. The van der Waals surface area contributed by atoms with Crippen molar-refractivity contribution in [2.24, 2.45) is 0 Å². The number of Topliss-reactive ketones (excluding diaryl/α,β-unsaturated/α-hetero) is 1. The van der Waals surface area contributed by atoms with Crippen molar-refractivity contribution in [3.63, 3.8) is 0 Å². The highest BCUT2D eigenvalue weighted by Gasteiger charge is 2.24. The van der Waals surface area contributed by atoms with E-state index in [-0.39, 0.29) is 32.0 Å². The molecule has 0 saturated carbocycles. The zero-order valence-electron chi connectivity index (χ0n) is 14.8. The van der Waals surface area contributed by atoms with E-state index in [4.69, 9.17) is 39.5 Å². The zero-order chi connectivity index (χ0) is 19.6. The molecule has 7 heteroatoms. The predicted molar refractivity (Wildman–Crippen MR) is 104 cm³/mol. The summed E-state index contributed by atoms with van der Waals surface area (Å²) in [6.07, 6.45) is 0.194. The van der Waals surface area contributed by atoms with Gasteiger partial charge >= 0.3 is 5.97 Å². The van der Waals surface area contributed by atoms with Crippen molar-refractivity contribution < 1.29 is 14.3 Å². The van der Waals surface area contributed by atoms with Crippen LogP contribution in [0.15, 0.2) is 30.5 Å². The molecule has 0 aliphatic carbocycles. The first-order chi connectivity index (χ1) is 12.0. The van der Waals surface area contributed by atoms with Crippen LogP contribution in [-0.4, -0.2) is 22.8 Å². The highest BCUT2D eigenvalue weighted by Crippen LogP contribution is 2.31. The summed E-state index contributed by atoms with van der Waals surface area (Å²) in [5, 5.41) is 0.0154. The average molecular weight is 415 g/mol. The number of aromatic nitrogens is 1. The number of carbonyl (C=O) groups excluding carboxylic acids is 2. The third-order valence-corrected chi connectivity index (χ3v) is 5.04. The van der Waals surface area contributed by atoms with Gasteiger partial charge in [0.15, 0.2) is 11.8 Å². The summed E-state index contributed by atoms with van der Waals surface area (Å²) in [7, 11) is 0. The first-order valence-electron chi connectivity index (χ1n) is 7.87. The molecule has 1 atom stereocenters. The van der Waals surface area contributed by atoms with Crippen LogP contribution in [0.1, 0.15) is 54.1 Å². The van der Waals surface area contributed by atoms with Gasteiger partial charge in [-0.05, 0) is 17.9 Å². The van der Waals surface area contributed by atoms with Gasteiger partial charge in [-0.25, -0.2) is 9.78 Å². The summed E-state index contributed by atoms with van der Waals surface area (Å²) < 4.78 is 5.19. The first kappa shape index (κ1) is 20.7. The summed E-state index contributed by atoms with van der Waals surface area (Å²) >= 11 is 17.7. The lowest BCUT2D eigenvalue weighted by Crippen LogP contribution is -2.25. The molecule has 0 aliphatic rings. The Bertz CT molecular complexity index is 842. The highest BCUT2D eigenvalue weighted by molar-refractivity contribution is 6.48. The van der Waals surface area contributed by atoms with Crippen molar-refractivity contribution in [1.29, 1.82) is 0 Å². The second-order valence-electron chi connectivity index (χ2n) is 6.82. The summed E-state index contributed by atoms with van der Waals surface area (Å²) in [6.45, 7) is 7.75. The van der Waals surface area contributed by atoms with Gasteiger partial charge in [-0.2, -0.15) is 0 Å². The van der Waals surface area contributed by atoms with Crippen LogP contribution in [0, 0.1) is 0 Å². The molecule has 0 N–H and O–H groups in total. The van der Waals surface area contributed by atoms with Crippen molar-refractivity contribution in [2.75, 3.05) is 0 Å². The van der Waals surface area contributed by atoms with E-state index in [0.29, 0.717) is 5.56 Å². The molecule has 0 amide bonds. The molecular weight excluding hydrogens is 397 g/mol. The van der Waals surface area contributed by atoms with Crippen molar-refractivity contribution in [2.45, 2.75) is 39.2 Å². The molecule has 0 bridgehead atoms. The van der Waals surface area contributed by atoms with E-state index in [0.717, 1.165) is 5.56 Å². The molecule has 0 saturated heterocycles. The number of nitrogens with zero attached hydrogens (tertiary/aromatic N) is 1. The van der Waals surface area contributed by atoms with E-state index < -0.39 is 12.1 Å². The number of ether oxygens (including phenoxy) is 1. The van der Waals surface area contributed by atoms with Crippen LogP contribution in [0.3, 0.4) is 0 Å². The SMILES string of the molecule is CC(OC(=O)c1ncc(Cl)c(Cl)c1Cl)C(=O)c1ccc(C(C)(C)C)cc1. The molecule has 2 rings (SSSR count). The quantitative estimate of drug-likeness (QED) is 0.471. The molecule has 26 heavy (non-hydrogen) atoms. The first-order valence-corrected chi connectivity index (χ1v) is 9.01. The van der Waals surface area contributed by atoms with E-state index in [1.165, 1.54) is 13.1 Å². The van der Waals surface area contributed by atoms with E-state index in [1.807, 2.05) is 12.1 Å². The Kier molecular flexibility index (Phi) is 6.33. The maximum atomic E-state index is 12.5. The number of esters is 1. The predicted octanol–water partition coefficient (Wildman–Crippen LogP) is 5.77. The van der Waals surface area contributed by atoms with Gasteiger partial charge in [0.1, 0.15) is 0 Å². The minimum Gasteiger partial charge on any atom is -0.449 e. The van der Waals surface area contributed by atoms with Crippen molar-refractivity contribution in [3.05, 3.63) is 62.4 Å². The largest absolute Gasteiger partial charge is 0.449 e. The Hall–Kier alpha value is -1.62. The van der Waals surface area contributed by atoms with E-state index in [9.17, 15) is 9.59 Å². The number of hydrogen-bond acceptors (Lipinski definition) is 4. The molecule has 2 aromatic rings. The van der Waals surface area contributed by atoms with Gasteiger partial charge in [-0.1, -0.05) is 79.8 Å². The standard InChI is InChI=1S/C19H18Cl3NO3/c1-10(17(24)11-5-7-12(8-6-11)19(2,3)4)26-18(25)16-15(22)14(21)13(20)9-23-16/h5-10H,1-4H3. The van der Waals surface area contributed by atoms with Gasteiger partial charge in [0.25, 0.3) is 0 Å². The van der Waals surface area contributed by atoms with Gasteiger partial charge < -0.3 is 4.74 Å². The third kappa shape index (κ3) is 4.56. The summed E-state index contributed by atoms with van der Waals surface area (Å²) in [4.78, 5) is 28.6. The molecular formula is C19H18Cl3NO3. The molecule has 4 nitrogen and oxygen atoms in total. The summed E-state index contributed by atoms with van der Waals surface area (Å²) in [5.41, 5.74) is 1.34. The second-order valence-corrected chi connectivity index (χ2v) is 7.98. The topological polar surface area (TPSA) is 56.3 Å². The molecule has 1 unspecified atom stereocenters. The van der Waals surface area contributed by atoms with Gasteiger partial charge in [0.05, 0.1) is 15.1 Å². The Morgan fingerprint density at radius 1 is 1.04 bits per heavy atom. The number of hydrogen-bond donors (Lipinski definition) is 0. The maximum Gasteiger partial charge on any atom is 0.359 e. The summed E-state index contributed by atoms with van der Waals surface area (Å²) in [6, 6.07) is 7.22. The molecule has 1 aromatic heterocycles. The molecule has 1 aromatic carbocycles. The van der Waals surface area contributed by atoms with E-state index in [2.05, 4.69) is 25.8 Å². The Morgan fingerprint density at radius 3 is 2.15 bits per heavy atom. The van der Waals surface area contributed by atoms with Crippen LogP contribution in [0.4, 0.5) is 0 Å². The van der Waals surface area contributed by atoms with Crippen LogP contribution >= 0.6 is 34.8 Å². The monoisotopic (exact) mass is 413 g/mol. The van der Waals surface area contributed by atoms with Crippen LogP contribution in [-0.2, 0) is 10.2 Å². The minimum atomic E-state index is -1.00. The lowest BCUT2D eigenvalue weighted by Gasteiger charge is -2.19. The molecule has 0 spiro atoms. The lowest BCUT2D eigenvalue weighted by atomic mass is 9.86. The van der Waals surface area contributed by atoms with Crippen LogP contribution in [0.25, 0.3) is 0 Å². The number of pyridine rings is 1. The minimum absolute atomic E-state index is 0.00651. The van der Waals surface area contributed by atoms with Crippen LogP contribution < -0.4 is 0 Å². The summed E-state index contributed by atoms with van der Waals surface area (Å²) in [5.74, 6) is -1.17. The average Bonchev–Trinajstić information content (AvgIpc) is 2.58. The number of halogens is 3. The van der Waals surface area contributed by atoms with Gasteiger partial charge in [-0.3, -0.25) is 4.79 Å². The fourth-order valence-corrected chi connectivity index (χ4v) is 2.78.